The number of benzene rings is 2. The van der Waals surface area contributed by atoms with Crippen molar-refractivity contribution in [1.29, 1.82) is 0 Å². The lowest BCUT2D eigenvalue weighted by Gasteiger charge is -2.25. The Labute approximate surface area is 135 Å². The predicted octanol–water partition coefficient (Wildman–Crippen LogP) is 5.70. The molecule has 0 atom stereocenters. The van der Waals surface area contributed by atoms with Crippen molar-refractivity contribution < 1.29 is 0 Å². The number of anilines is 1. The van der Waals surface area contributed by atoms with Gasteiger partial charge in [0.1, 0.15) is 0 Å². The number of rotatable bonds is 8. The average Bonchev–Trinajstić information content (AvgIpc) is 2.52. The number of unbranched alkanes of at least 4 members (excludes halogenated alkanes) is 3. The summed E-state index contributed by atoms with van der Waals surface area (Å²) in [4.78, 5) is 2.49. The summed E-state index contributed by atoms with van der Waals surface area (Å²) in [6.45, 7) is 4.40. The molecule has 114 valence electrons. The van der Waals surface area contributed by atoms with Crippen molar-refractivity contribution in [2.75, 3.05) is 11.4 Å². The first-order chi connectivity index (χ1) is 9.90. The van der Waals surface area contributed by atoms with Crippen molar-refractivity contribution in [1.82, 2.24) is 0 Å². The van der Waals surface area contributed by atoms with Gasteiger partial charge in [0.25, 0.3) is 0 Å². The van der Waals surface area contributed by atoms with Gasteiger partial charge in [-0.1, -0.05) is 74.7 Å². The maximum Gasteiger partial charge on any atom is 0.0429 e. The topological polar surface area (TPSA) is 3.24 Å². The van der Waals surface area contributed by atoms with E-state index in [0.29, 0.717) is 0 Å². The molecule has 21 heavy (non-hydrogen) atoms. The SMILES string of the molecule is CCCCCCN(Cc1ccccc1)c1ccccc1.Cl. The lowest BCUT2D eigenvalue weighted by molar-refractivity contribution is 0.642. The molecule has 2 heteroatoms. The Morgan fingerprint density at radius 3 is 2.00 bits per heavy atom. The molecule has 2 aromatic carbocycles. The smallest absolute Gasteiger partial charge is 0.0429 e. The molecule has 2 rings (SSSR count). The largest absolute Gasteiger partial charge is 0.367 e. The number of halogens is 1. The van der Waals surface area contributed by atoms with Crippen LogP contribution in [-0.2, 0) is 6.54 Å². The molecule has 0 unspecified atom stereocenters. The Morgan fingerprint density at radius 1 is 0.762 bits per heavy atom. The summed E-state index contributed by atoms with van der Waals surface area (Å²) >= 11 is 0. The van der Waals surface area contributed by atoms with E-state index in [1.807, 2.05) is 0 Å². The second-order valence-corrected chi connectivity index (χ2v) is 5.30. The van der Waals surface area contributed by atoms with E-state index < -0.39 is 0 Å². The standard InChI is InChI=1S/C19H25N.ClH/c1-2-3-4-11-16-20(19-14-9-6-10-15-19)17-18-12-7-5-8-13-18;/h5-10,12-15H,2-4,11,16-17H2,1H3;1H. The van der Waals surface area contributed by atoms with Gasteiger partial charge in [-0.25, -0.2) is 0 Å². The Balaban J connectivity index is 0.00000220. The maximum atomic E-state index is 2.49. The van der Waals surface area contributed by atoms with E-state index in [4.69, 9.17) is 0 Å². The molecule has 0 aliphatic carbocycles. The van der Waals surface area contributed by atoms with Gasteiger partial charge < -0.3 is 4.90 Å². The summed E-state index contributed by atoms with van der Waals surface area (Å²) in [5.41, 5.74) is 2.71. The fraction of sp³-hybridized carbons (Fsp3) is 0.368. The summed E-state index contributed by atoms with van der Waals surface area (Å²) in [5.74, 6) is 0. The molecular formula is C19H26ClN. The van der Waals surface area contributed by atoms with Crippen molar-refractivity contribution in [3.8, 4) is 0 Å². The third kappa shape index (κ3) is 6.22. The molecule has 2 aromatic rings. The Kier molecular flexibility index (Phi) is 8.61. The summed E-state index contributed by atoms with van der Waals surface area (Å²) < 4.78 is 0. The fourth-order valence-electron chi connectivity index (χ4n) is 2.47. The molecule has 0 heterocycles. The zero-order valence-corrected chi connectivity index (χ0v) is 13.7. The van der Waals surface area contributed by atoms with Gasteiger partial charge in [0.15, 0.2) is 0 Å². The van der Waals surface area contributed by atoms with Gasteiger partial charge in [-0.05, 0) is 24.1 Å². The van der Waals surface area contributed by atoms with Crippen molar-refractivity contribution in [3.05, 3.63) is 66.2 Å². The van der Waals surface area contributed by atoms with E-state index >= 15 is 0 Å². The van der Waals surface area contributed by atoms with E-state index in [1.54, 1.807) is 0 Å². The Hall–Kier alpha value is -1.47. The normalized spacial score (nSPS) is 9.95. The third-order valence-electron chi connectivity index (χ3n) is 3.62. The van der Waals surface area contributed by atoms with Crippen LogP contribution in [0.5, 0.6) is 0 Å². The fourth-order valence-corrected chi connectivity index (χ4v) is 2.47. The maximum absolute atomic E-state index is 2.49. The monoisotopic (exact) mass is 303 g/mol. The van der Waals surface area contributed by atoms with Crippen molar-refractivity contribution in [2.45, 2.75) is 39.2 Å². The van der Waals surface area contributed by atoms with Crippen molar-refractivity contribution >= 4 is 18.1 Å². The van der Waals surface area contributed by atoms with Gasteiger partial charge in [-0.2, -0.15) is 0 Å². The van der Waals surface area contributed by atoms with Crippen LogP contribution in [0, 0.1) is 0 Å². The first-order valence-electron chi connectivity index (χ1n) is 7.74. The summed E-state index contributed by atoms with van der Waals surface area (Å²) in [6.07, 6.45) is 5.24. The molecule has 0 aliphatic heterocycles. The van der Waals surface area contributed by atoms with Crippen LogP contribution in [-0.4, -0.2) is 6.54 Å². The van der Waals surface area contributed by atoms with Crippen LogP contribution in [0.2, 0.25) is 0 Å². The number of hydrogen-bond donors (Lipinski definition) is 0. The number of nitrogens with zero attached hydrogens (tertiary/aromatic N) is 1. The molecule has 0 amide bonds. The first-order valence-corrected chi connectivity index (χ1v) is 7.74. The zero-order chi connectivity index (χ0) is 14.0. The van der Waals surface area contributed by atoms with Gasteiger partial charge in [0.05, 0.1) is 0 Å². The van der Waals surface area contributed by atoms with Gasteiger partial charge >= 0.3 is 0 Å². The van der Waals surface area contributed by atoms with Crippen molar-refractivity contribution in [3.63, 3.8) is 0 Å². The minimum atomic E-state index is 0. The Morgan fingerprint density at radius 2 is 1.38 bits per heavy atom. The van der Waals surface area contributed by atoms with Crippen LogP contribution in [0.1, 0.15) is 38.2 Å². The highest BCUT2D eigenvalue weighted by Gasteiger charge is 2.06. The van der Waals surface area contributed by atoms with E-state index in [1.165, 1.54) is 36.9 Å². The van der Waals surface area contributed by atoms with Crippen LogP contribution < -0.4 is 4.90 Å². The molecule has 0 fully saturated rings. The van der Waals surface area contributed by atoms with Gasteiger partial charge in [-0.15, -0.1) is 12.4 Å². The van der Waals surface area contributed by atoms with Crippen LogP contribution in [0.15, 0.2) is 60.7 Å². The molecule has 0 saturated heterocycles. The van der Waals surface area contributed by atoms with Crippen LogP contribution >= 0.6 is 12.4 Å². The van der Waals surface area contributed by atoms with E-state index in [-0.39, 0.29) is 12.4 Å². The van der Waals surface area contributed by atoms with Crippen molar-refractivity contribution in [2.24, 2.45) is 0 Å². The van der Waals surface area contributed by atoms with Gasteiger partial charge in [-0.3, -0.25) is 0 Å². The molecule has 0 aliphatic rings. The molecule has 0 aromatic heterocycles. The minimum Gasteiger partial charge on any atom is -0.367 e. The molecular weight excluding hydrogens is 278 g/mol. The number of hydrogen-bond acceptors (Lipinski definition) is 1. The molecule has 0 N–H and O–H groups in total. The molecule has 1 nitrogen and oxygen atoms in total. The van der Waals surface area contributed by atoms with E-state index in [0.717, 1.165) is 13.1 Å². The number of para-hydroxylation sites is 1. The van der Waals surface area contributed by atoms with Crippen LogP contribution in [0.25, 0.3) is 0 Å². The van der Waals surface area contributed by atoms with Gasteiger partial charge in [0.2, 0.25) is 0 Å². The highest BCUT2D eigenvalue weighted by molar-refractivity contribution is 5.85. The lowest BCUT2D eigenvalue weighted by atomic mass is 10.1. The lowest BCUT2D eigenvalue weighted by Crippen LogP contribution is -2.23. The average molecular weight is 304 g/mol. The molecule has 0 spiro atoms. The zero-order valence-electron chi connectivity index (χ0n) is 12.9. The van der Waals surface area contributed by atoms with E-state index in [2.05, 4.69) is 72.5 Å². The summed E-state index contributed by atoms with van der Waals surface area (Å²) in [5, 5.41) is 0. The molecule has 0 bridgehead atoms. The molecule has 0 radical (unpaired) electrons. The highest BCUT2D eigenvalue weighted by atomic mass is 35.5. The Bertz CT molecular complexity index is 469. The van der Waals surface area contributed by atoms with Gasteiger partial charge in [0, 0.05) is 18.8 Å². The minimum absolute atomic E-state index is 0. The predicted molar refractivity (Wildman–Crippen MR) is 95.3 cm³/mol. The molecule has 0 saturated carbocycles. The highest BCUT2D eigenvalue weighted by Crippen LogP contribution is 2.18. The van der Waals surface area contributed by atoms with E-state index in [9.17, 15) is 0 Å². The quantitative estimate of drug-likeness (QED) is 0.566. The van der Waals surface area contributed by atoms with Crippen LogP contribution in [0.4, 0.5) is 5.69 Å². The second-order valence-electron chi connectivity index (χ2n) is 5.30. The summed E-state index contributed by atoms with van der Waals surface area (Å²) in [7, 11) is 0. The van der Waals surface area contributed by atoms with Crippen LogP contribution in [0.3, 0.4) is 0 Å². The first kappa shape index (κ1) is 17.6. The summed E-state index contributed by atoms with van der Waals surface area (Å²) in [6, 6.07) is 21.5. The second kappa shape index (κ2) is 10.3. The third-order valence-corrected chi connectivity index (χ3v) is 3.62.